The molecule has 0 aliphatic heterocycles. The average Bonchev–Trinajstić information content (AvgIpc) is 2.45. The van der Waals surface area contributed by atoms with E-state index in [0.29, 0.717) is 0 Å². The highest BCUT2D eigenvalue weighted by Gasteiger charge is 2.86. The molecule has 0 radical (unpaired) electrons. The Morgan fingerprint density at radius 2 is 1.23 bits per heavy atom. The summed E-state index contributed by atoms with van der Waals surface area (Å²) in [6.07, 6.45) is -9.36. The molecule has 26 heavy (non-hydrogen) atoms. The molecule has 1 aromatic carbocycles. The molecule has 0 amide bonds. The number of benzene rings is 1. The first-order valence-electron chi connectivity index (χ1n) is 6.72. The Morgan fingerprint density at radius 1 is 0.769 bits per heavy atom. The maximum Gasteiger partial charge on any atom is 0.460 e. The van der Waals surface area contributed by atoms with Crippen molar-refractivity contribution in [3.63, 3.8) is 0 Å². The fraction of sp³-hybridized carbons (Fsp3) is 0.467. The lowest BCUT2D eigenvalue weighted by molar-refractivity contribution is -0.421. The Kier molecular flexibility index (Phi) is 5.49. The van der Waals surface area contributed by atoms with Gasteiger partial charge in [-0.1, -0.05) is 36.4 Å². The summed E-state index contributed by atoms with van der Waals surface area (Å²) in [6.45, 7) is 4.61. The maximum absolute atomic E-state index is 13.8. The summed E-state index contributed by atoms with van der Waals surface area (Å²) in [5.74, 6) is -27.7. The zero-order chi connectivity index (χ0) is 20.8. The van der Waals surface area contributed by atoms with Crippen LogP contribution in [0.2, 0.25) is 0 Å². The Balaban J connectivity index is 3.40. The van der Waals surface area contributed by atoms with Crippen molar-refractivity contribution in [2.75, 3.05) is 0 Å². The minimum atomic E-state index is -7.39. The second kappa shape index (κ2) is 6.41. The molecule has 1 rings (SSSR count). The van der Waals surface area contributed by atoms with Crippen LogP contribution in [-0.2, 0) is 6.42 Å². The molecule has 0 aliphatic carbocycles. The molecule has 0 aliphatic rings. The van der Waals surface area contributed by atoms with Gasteiger partial charge in [0.2, 0.25) is 0 Å². The van der Waals surface area contributed by atoms with Gasteiger partial charge in [0.25, 0.3) is 0 Å². The largest absolute Gasteiger partial charge is 0.460 e. The summed E-state index contributed by atoms with van der Waals surface area (Å²) in [6, 6.07) is 4.27. The minimum Gasteiger partial charge on any atom is -0.199 e. The lowest BCUT2D eigenvalue weighted by atomic mass is 9.90. The van der Waals surface area contributed by atoms with Crippen LogP contribution in [-0.4, -0.2) is 29.9 Å². The van der Waals surface area contributed by atoms with Crippen molar-refractivity contribution >= 4 is 5.57 Å². The number of hydrogen-bond donors (Lipinski definition) is 0. The van der Waals surface area contributed by atoms with Crippen molar-refractivity contribution in [1.29, 1.82) is 0 Å². The summed E-state index contributed by atoms with van der Waals surface area (Å²) in [5.41, 5.74) is -0.767. The summed E-state index contributed by atoms with van der Waals surface area (Å²) in [4.78, 5) is 0. The number of halogens is 11. The first kappa shape index (κ1) is 22.2. The quantitative estimate of drug-likeness (QED) is 0.487. The third-order valence-corrected chi connectivity index (χ3v) is 3.49. The van der Waals surface area contributed by atoms with Crippen LogP contribution < -0.4 is 0 Å². The smallest absolute Gasteiger partial charge is 0.199 e. The third-order valence-electron chi connectivity index (χ3n) is 3.49. The second-order valence-corrected chi connectivity index (χ2v) is 5.54. The molecule has 0 bridgehead atoms. The lowest BCUT2D eigenvalue weighted by Crippen LogP contribution is -2.66. The van der Waals surface area contributed by atoms with Gasteiger partial charge in [0.05, 0.1) is 0 Å². The van der Waals surface area contributed by atoms with Gasteiger partial charge in [-0.3, -0.25) is 0 Å². The van der Waals surface area contributed by atoms with Crippen LogP contribution >= 0.6 is 0 Å². The Labute approximate surface area is 140 Å². The highest BCUT2D eigenvalue weighted by Crippen LogP contribution is 2.57. The van der Waals surface area contributed by atoms with Crippen molar-refractivity contribution in [1.82, 2.24) is 0 Å². The lowest BCUT2D eigenvalue weighted by Gasteiger charge is -2.37. The summed E-state index contributed by atoms with van der Waals surface area (Å²) < 4.78 is 143. The number of rotatable bonds is 6. The van der Waals surface area contributed by atoms with Crippen molar-refractivity contribution < 1.29 is 48.3 Å². The van der Waals surface area contributed by atoms with E-state index in [2.05, 4.69) is 6.58 Å². The predicted molar refractivity (Wildman–Crippen MR) is 70.7 cm³/mol. The summed E-state index contributed by atoms with van der Waals surface area (Å²) in [7, 11) is 0. The molecular formula is C15H11F11. The van der Waals surface area contributed by atoms with Gasteiger partial charge in [-0.25, -0.2) is 0 Å². The average molecular weight is 400 g/mol. The molecule has 0 atom stereocenters. The van der Waals surface area contributed by atoms with E-state index in [1.54, 1.807) is 0 Å². The second-order valence-electron chi connectivity index (χ2n) is 5.54. The van der Waals surface area contributed by atoms with Crippen LogP contribution in [0.4, 0.5) is 48.3 Å². The zero-order valence-corrected chi connectivity index (χ0v) is 12.9. The fourth-order valence-electron chi connectivity index (χ4n) is 2.05. The monoisotopic (exact) mass is 400 g/mol. The fourth-order valence-corrected chi connectivity index (χ4v) is 2.05. The third kappa shape index (κ3) is 3.39. The molecule has 0 fully saturated rings. The molecule has 148 valence electrons. The Hall–Kier alpha value is -1.81. The minimum absolute atomic E-state index is 0.0621. The van der Waals surface area contributed by atoms with E-state index < -0.39 is 41.9 Å². The number of hydrogen-bond acceptors (Lipinski definition) is 0. The van der Waals surface area contributed by atoms with E-state index in [1.165, 1.54) is 13.0 Å². The van der Waals surface area contributed by atoms with Gasteiger partial charge >= 0.3 is 29.9 Å². The van der Waals surface area contributed by atoms with Crippen LogP contribution in [0.25, 0.3) is 5.57 Å². The van der Waals surface area contributed by atoms with Gasteiger partial charge < -0.3 is 0 Å². The van der Waals surface area contributed by atoms with Gasteiger partial charge in [0, 0.05) is 6.42 Å². The Morgan fingerprint density at radius 3 is 1.65 bits per heavy atom. The van der Waals surface area contributed by atoms with Gasteiger partial charge in [-0.15, -0.1) is 0 Å². The first-order valence-corrected chi connectivity index (χ1v) is 6.72. The number of allylic oxidation sites excluding steroid dienone is 1. The van der Waals surface area contributed by atoms with Crippen LogP contribution in [0, 0.1) is 0 Å². The van der Waals surface area contributed by atoms with E-state index in [1.807, 2.05) is 0 Å². The Bertz CT molecular complexity index is 670. The summed E-state index contributed by atoms with van der Waals surface area (Å²) >= 11 is 0. The molecule has 0 nitrogen and oxygen atoms in total. The maximum atomic E-state index is 13.8. The van der Waals surface area contributed by atoms with Gasteiger partial charge in [0.1, 0.15) is 0 Å². The predicted octanol–water partition coefficient (Wildman–Crippen LogP) is 6.37. The van der Waals surface area contributed by atoms with Crippen LogP contribution in [0.3, 0.4) is 0 Å². The first-order chi connectivity index (χ1) is 11.4. The standard InChI is InChI=1S/C15H11F11/c1-8(2)10-6-4-3-5-9(10)7-11(16,17)12(18,19)13(20,21)14(22,23)15(24,25)26/h3-6H,1,7H2,2H3. The van der Waals surface area contributed by atoms with Crippen molar-refractivity contribution in [3.8, 4) is 0 Å². The molecule has 0 heterocycles. The number of alkyl halides is 11. The van der Waals surface area contributed by atoms with Gasteiger partial charge in [-0.2, -0.15) is 48.3 Å². The van der Waals surface area contributed by atoms with Crippen LogP contribution in [0.1, 0.15) is 18.1 Å². The van der Waals surface area contributed by atoms with Crippen LogP contribution in [0.5, 0.6) is 0 Å². The SMILES string of the molecule is C=C(C)c1ccccc1CC(F)(F)C(F)(F)C(F)(F)C(F)(F)C(F)(F)F. The van der Waals surface area contributed by atoms with Crippen molar-refractivity contribution in [3.05, 3.63) is 42.0 Å². The van der Waals surface area contributed by atoms with Crippen LogP contribution in [0.15, 0.2) is 30.8 Å². The van der Waals surface area contributed by atoms with E-state index >= 15 is 0 Å². The van der Waals surface area contributed by atoms with E-state index in [-0.39, 0.29) is 11.1 Å². The molecule has 0 spiro atoms. The van der Waals surface area contributed by atoms with E-state index in [4.69, 9.17) is 0 Å². The highest BCUT2D eigenvalue weighted by molar-refractivity contribution is 5.64. The molecule has 1 aromatic rings. The highest BCUT2D eigenvalue weighted by atomic mass is 19.4. The molecule has 0 N–H and O–H groups in total. The normalized spacial score (nSPS) is 14.5. The van der Waals surface area contributed by atoms with E-state index in [0.717, 1.165) is 18.2 Å². The molecule has 0 aromatic heterocycles. The topological polar surface area (TPSA) is 0 Å². The van der Waals surface area contributed by atoms with Gasteiger partial charge in [-0.05, 0) is 18.1 Å². The van der Waals surface area contributed by atoms with E-state index in [9.17, 15) is 48.3 Å². The summed E-state index contributed by atoms with van der Waals surface area (Å²) in [5, 5.41) is 0. The molecule has 11 heteroatoms. The molecular weight excluding hydrogens is 389 g/mol. The zero-order valence-electron chi connectivity index (χ0n) is 12.9. The molecule has 0 saturated heterocycles. The van der Waals surface area contributed by atoms with Gasteiger partial charge in [0.15, 0.2) is 0 Å². The van der Waals surface area contributed by atoms with Crippen molar-refractivity contribution in [2.45, 2.75) is 43.2 Å². The van der Waals surface area contributed by atoms with Crippen molar-refractivity contribution in [2.24, 2.45) is 0 Å². The molecule has 0 saturated carbocycles. The molecule has 0 unspecified atom stereocenters.